The first-order valence-electron chi connectivity index (χ1n) is 5.06. The van der Waals surface area contributed by atoms with E-state index in [0.717, 1.165) is 5.56 Å². The van der Waals surface area contributed by atoms with E-state index in [1.807, 2.05) is 13.8 Å². The summed E-state index contributed by atoms with van der Waals surface area (Å²) in [5.41, 5.74) is 0.970. The molecular formula is C12H17ClO2. The molecular weight excluding hydrogens is 212 g/mol. The number of ketones is 1. The minimum absolute atomic E-state index is 0.0771. The highest BCUT2D eigenvalue weighted by molar-refractivity contribution is 6.32. The molecule has 0 fully saturated rings. The summed E-state index contributed by atoms with van der Waals surface area (Å²) in [7, 11) is 0. The van der Waals surface area contributed by atoms with Gasteiger partial charge < -0.3 is 9.90 Å². The van der Waals surface area contributed by atoms with Crippen LogP contribution in [0.2, 0.25) is 5.02 Å². The lowest BCUT2D eigenvalue weighted by atomic mass is 10.1. The number of aryl methyl sites for hydroxylation is 1. The molecule has 0 saturated heterocycles. The molecule has 15 heavy (non-hydrogen) atoms. The molecule has 3 heteroatoms. The molecule has 0 aliphatic rings. The van der Waals surface area contributed by atoms with Crippen LogP contribution in [0.4, 0.5) is 0 Å². The fraction of sp³-hybridized carbons (Fsp3) is 0.417. The van der Waals surface area contributed by atoms with Crippen molar-refractivity contribution in [3.8, 4) is 5.75 Å². The summed E-state index contributed by atoms with van der Waals surface area (Å²) in [5.74, 6) is 0.234. The Hall–Kier alpha value is -1.02. The second-order valence-electron chi connectivity index (χ2n) is 2.99. The lowest BCUT2D eigenvalue weighted by molar-refractivity contribution is -0.116. The molecule has 0 unspecified atom stereocenters. The van der Waals surface area contributed by atoms with Gasteiger partial charge in [0.15, 0.2) is 0 Å². The van der Waals surface area contributed by atoms with Crippen molar-refractivity contribution in [2.24, 2.45) is 0 Å². The quantitative estimate of drug-likeness (QED) is 0.859. The van der Waals surface area contributed by atoms with E-state index < -0.39 is 0 Å². The van der Waals surface area contributed by atoms with Gasteiger partial charge in [-0.2, -0.15) is 0 Å². The van der Waals surface area contributed by atoms with E-state index in [0.29, 0.717) is 17.9 Å². The van der Waals surface area contributed by atoms with Gasteiger partial charge in [0, 0.05) is 6.42 Å². The van der Waals surface area contributed by atoms with E-state index in [4.69, 9.17) is 16.7 Å². The van der Waals surface area contributed by atoms with Crippen LogP contribution in [0.25, 0.3) is 0 Å². The van der Waals surface area contributed by atoms with Crippen molar-refractivity contribution in [3.05, 3.63) is 28.8 Å². The Balaban J connectivity index is 0.000000921. The van der Waals surface area contributed by atoms with Crippen molar-refractivity contribution in [2.45, 2.75) is 33.6 Å². The van der Waals surface area contributed by atoms with Crippen molar-refractivity contribution in [2.75, 3.05) is 0 Å². The van der Waals surface area contributed by atoms with Gasteiger partial charge in [0.25, 0.3) is 0 Å². The van der Waals surface area contributed by atoms with Gasteiger partial charge in [0.2, 0.25) is 0 Å². The Labute approximate surface area is 95.9 Å². The molecule has 0 atom stereocenters. The summed E-state index contributed by atoms with van der Waals surface area (Å²) in [6.07, 6.45) is 1.19. The molecule has 0 saturated carbocycles. The molecule has 0 spiro atoms. The van der Waals surface area contributed by atoms with Crippen LogP contribution in [0.5, 0.6) is 5.75 Å². The van der Waals surface area contributed by atoms with Crippen LogP contribution in [0.1, 0.15) is 32.8 Å². The molecule has 0 bridgehead atoms. The monoisotopic (exact) mass is 228 g/mol. The van der Waals surface area contributed by atoms with E-state index >= 15 is 0 Å². The molecule has 0 heterocycles. The molecule has 1 N–H and O–H groups in total. The van der Waals surface area contributed by atoms with Crippen LogP contribution in [-0.2, 0) is 11.2 Å². The zero-order valence-corrected chi connectivity index (χ0v) is 10.1. The summed E-state index contributed by atoms with van der Waals surface area (Å²) in [6.45, 7) is 5.56. The number of carbonyl (C=O) groups excluding carboxylic acids is 1. The standard InChI is InChI=1S/C10H11ClO2.C2H6/c1-7(12)2-3-8-4-5-10(13)9(11)6-8;1-2/h4-6,13H,2-3H2,1H3;1-2H3. The topological polar surface area (TPSA) is 37.3 Å². The molecule has 1 aromatic carbocycles. The third-order valence-electron chi connectivity index (χ3n) is 1.78. The van der Waals surface area contributed by atoms with E-state index in [1.54, 1.807) is 19.1 Å². The summed E-state index contributed by atoms with van der Waals surface area (Å²) in [6, 6.07) is 4.99. The number of aromatic hydroxyl groups is 1. The Morgan fingerprint density at radius 2 is 2.00 bits per heavy atom. The fourth-order valence-corrected chi connectivity index (χ4v) is 1.23. The number of benzene rings is 1. The molecule has 2 nitrogen and oxygen atoms in total. The summed E-state index contributed by atoms with van der Waals surface area (Å²) in [5, 5.41) is 9.46. The van der Waals surface area contributed by atoms with Gasteiger partial charge in [-0.1, -0.05) is 31.5 Å². The minimum Gasteiger partial charge on any atom is -0.506 e. The number of hydrogen-bond donors (Lipinski definition) is 1. The van der Waals surface area contributed by atoms with E-state index in [9.17, 15) is 4.79 Å². The number of phenols is 1. The molecule has 1 aromatic rings. The van der Waals surface area contributed by atoms with Crippen LogP contribution in [0.3, 0.4) is 0 Å². The molecule has 1 rings (SSSR count). The number of carbonyl (C=O) groups is 1. The highest BCUT2D eigenvalue weighted by atomic mass is 35.5. The van der Waals surface area contributed by atoms with Crippen LogP contribution >= 0.6 is 11.6 Å². The zero-order chi connectivity index (χ0) is 11.8. The number of halogens is 1. The Morgan fingerprint density at radius 1 is 1.40 bits per heavy atom. The van der Waals surface area contributed by atoms with E-state index in [-0.39, 0.29) is 11.5 Å². The van der Waals surface area contributed by atoms with Crippen molar-refractivity contribution in [1.82, 2.24) is 0 Å². The molecule has 0 aliphatic carbocycles. The summed E-state index contributed by atoms with van der Waals surface area (Å²) in [4.78, 5) is 10.7. The average molecular weight is 229 g/mol. The summed E-state index contributed by atoms with van der Waals surface area (Å²) < 4.78 is 0. The maximum Gasteiger partial charge on any atom is 0.134 e. The first-order chi connectivity index (χ1) is 7.09. The first kappa shape index (κ1) is 14.0. The van der Waals surface area contributed by atoms with Crippen LogP contribution in [-0.4, -0.2) is 10.9 Å². The summed E-state index contributed by atoms with van der Waals surface area (Å²) >= 11 is 5.69. The van der Waals surface area contributed by atoms with Gasteiger partial charge >= 0.3 is 0 Å². The van der Waals surface area contributed by atoms with Crippen molar-refractivity contribution in [3.63, 3.8) is 0 Å². The van der Waals surface area contributed by atoms with Crippen molar-refractivity contribution >= 4 is 17.4 Å². The maximum absolute atomic E-state index is 10.7. The van der Waals surface area contributed by atoms with Gasteiger partial charge in [-0.3, -0.25) is 0 Å². The third kappa shape index (κ3) is 5.43. The van der Waals surface area contributed by atoms with Gasteiger partial charge in [-0.05, 0) is 31.0 Å². The van der Waals surface area contributed by atoms with Crippen molar-refractivity contribution in [1.29, 1.82) is 0 Å². The number of phenolic OH excluding ortho intramolecular Hbond substituents is 1. The van der Waals surface area contributed by atoms with Gasteiger partial charge in [0.1, 0.15) is 11.5 Å². The highest BCUT2D eigenvalue weighted by Crippen LogP contribution is 2.24. The average Bonchev–Trinajstić information content (AvgIpc) is 2.23. The minimum atomic E-state index is 0.0771. The number of Topliss-reactive ketones (excluding diaryl/α,β-unsaturated/α-hetero) is 1. The first-order valence-corrected chi connectivity index (χ1v) is 5.44. The molecule has 0 aromatic heterocycles. The zero-order valence-electron chi connectivity index (χ0n) is 9.38. The lowest BCUT2D eigenvalue weighted by Crippen LogP contribution is -1.93. The predicted octanol–water partition coefficient (Wildman–Crippen LogP) is 3.59. The predicted molar refractivity (Wildman–Crippen MR) is 63.5 cm³/mol. The van der Waals surface area contributed by atoms with Crippen LogP contribution in [0, 0.1) is 0 Å². The van der Waals surface area contributed by atoms with Gasteiger partial charge in [-0.15, -0.1) is 0 Å². The van der Waals surface area contributed by atoms with E-state index in [2.05, 4.69) is 0 Å². The smallest absolute Gasteiger partial charge is 0.134 e. The second kappa shape index (κ2) is 7.30. The lowest BCUT2D eigenvalue weighted by Gasteiger charge is -2.01. The van der Waals surface area contributed by atoms with E-state index in [1.165, 1.54) is 6.07 Å². The molecule has 84 valence electrons. The molecule has 0 radical (unpaired) electrons. The largest absolute Gasteiger partial charge is 0.506 e. The Morgan fingerprint density at radius 3 is 2.47 bits per heavy atom. The highest BCUT2D eigenvalue weighted by Gasteiger charge is 2.01. The fourth-order valence-electron chi connectivity index (χ4n) is 1.03. The maximum atomic E-state index is 10.7. The van der Waals surface area contributed by atoms with Crippen molar-refractivity contribution < 1.29 is 9.90 Å². The van der Waals surface area contributed by atoms with Gasteiger partial charge in [-0.25, -0.2) is 0 Å². The number of hydrogen-bond acceptors (Lipinski definition) is 2. The Kier molecular flexibility index (Phi) is 6.80. The van der Waals surface area contributed by atoms with Crippen LogP contribution in [0.15, 0.2) is 18.2 Å². The molecule has 0 amide bonds. The SMILES string of the molecule is CC.CC(=O)CCc1ccc(O)c(Cl)c1. The Bertz CT molecular complexity index is 321. The van der Waals surface area contributed by atoms with Crippen LogP contribution < -0.4 is 0 Å². The second-order valence-corrected chi connectivity index (χ2v) is 3.39. The third-order valence-corrected chi connectivity index (χ3v) is 2.08. The van der Waals surface area contributed by atoms with Gasteiger partial charge in [0.05, 0.1) is 5.02 Å². The molecule has 0 aliphatic heterocycles. The number of rotatable bonds is 3. The normalized spacial score (nSPS) is 9.07.